The third-order valence-electron chi connectivity index (χ3n) is 7.55. The molecule has 4 amide bonds. The first-order valence-corrected chi connectivity index (χ1v) is 14.7. The number of nitrogens with zero attached hydrogens (tertiary/aromatic N) is 6. The largest absolute Gasteiger partial charge is 0.340 e. The van der Waals surface area contributed by atoms with Crippen molar-refractivity contribution in [1.82, 2.24) is 45.3 Å². The lowest BCUT2D eigenvalue weighted by molar-refractivity contribution is -0.191. The van der Waals surface area contributed by atoms with Crippen LogP contribution in [0.4, 0.5) is 4.79 Å². The standard InChI is InChI=1S/C28H31N9O4S/c1-2-11-35-16-24(38)36-20(12-22-31-27(40)33-32-22)26(39)34(14-19-9-6-10-21-25(19)30-17-42-21)15-23(36)37(35)28(41)29-13-18-7-4-3-5-8-18/h3-10,17,20,23H,2,11-16H2,1H3,(H,29,41)(H2,31,32,33,40)/t20-,23-/m0/s1. The van der Waals surface area contributed by atoms with Crippen LogP contribution in [-0.4, -0.2) is 89.7 Å². The summed E-state index contributed by atoms with van der Waals surface area (Å²) in [5, 5.41) is 12.7. The Balaban J connectivity index is 1.36. The molecule has 42 heavy (non-hydrogen) atoms. The maximum Gasteiger partial charge on any atom is 0.340 e. The van der Waals surface area contributed by atoms with Crippen LogP contribution in [0.1, 0.15) is 30.3 Å². The molecule has 0 saturated carbocycles. The number of thiazole rings is 1. The molecule has 0 radical (unpaired) electrons. The Kier molecular flexibility index (Phi) is 7.71. The van der Waals surface area contributed by atoms with E-state index in [4.69, 9.17) is 0 Å². The van der Waals surface area contributed by atoms with Crippen molar-refractivity contribution in [2.24, 2.45) is 0 Å². The van der Waals surface area contributed by atoms with E-state index in [1.54, 1.807) is 20.4 Å². The third-order valence-corrected chi connectivity index (χ3v) is 8.34. The highest BCUT2D eigenvalue weighted by Gasteiger charge is 2.51. The number of hydrazine groups is 1. The van der Waals surface area contributed by atoms with E-state index in [0.717, 1.165) is 27.8 Å². The number of rotatable bonds is 8. The van der Waals surface area contributed by atoms with Gasteiger partial charge in [-0.05, 0) is 23.6 Å². The molecular formula is C28H31N9O4S. The summed E-state index contributed by atoms with van der Waals surface area (Å²) in [4.78, 5) is 63.6. The van der Waals surface area contributed by atoms with Gasteiger partial charge in [0.15, 0.2) is 0 Å². The van der Waals surface area contributed by atoms with Gasteiger partial charge in [0.05, 0.1) is 28.8 Å². The SMILES string of the molecule is CCCN1CC(=O)N2[C@@H](Cc3n[nH]c(=O)[nH]3)C(=O)N(Cc3cccc4scnc34)C[C@@H]2N1C(=O)NCc1ccccc1. The fraction of sp³-hybridized carbons (Fsp3) is 0.357. The summed E-state index contributed by atoms with van der Waals surface area (Å²) >= 11 is 1.52. The lowest BCUT2D eigenvalue weighted by Gasteiger charge is -2.55. The van der Waals surface area contributed by atoms with Crippen LogP contribution in [0.15, 0.2) is 58.8 Å². The number of aromatic amines is 2. The van der Waals surface area contributed by atoms with Gasteiger partial charge < -0.3 is 15.1 Å². The number of aromatic nitrogens is 4. The molecule has 2 aliphatic heterocycles. The lowest BCUT2D eigenvalue weighted by Crippen LogP contribution is -2.76. The number of fused-ring (bicyclic) bond motifs is 2. The van der Waals surface area contributed by atoms with Crippen molar-refractivity contribution in [3.05, 3.63) is 81.5 Å². The first kappa shape index (κ1) is 27.6. The molecule has 4 aromatic rings. The van der Waals surface area contributed by atoms with Crippen molar-refractivity contribution >= 4 is 39.4 Å². The number of benzene rings is 2. The maximum absolute atomic E-state index is 14.1. The van der Waals surface area contributed by atoms with E-state index in [1.807, 2.05) is 55.5 Å². The molecule has 14 heteroatoms. The average molecular weight is 590 g/mol. The molecule has 2 atom stereocenters. The summed E-state index contributed by atoms with van der Waals surface area (Å²) < 4.78 is 1.01. The minimum absolute atomic E-state index is 0.00946. The Labute approximate surface area is 245 Å². The first-order valence-electron chi connectivity index (χ1n) is 13.8. The van der Waals surface area contributed by atoms with Gasteiger partial charge in [0.1, 0.15) is 18.0 Å². The van der Waals surface area contributed by atoms with Gasteiger partial charge in [0.2, 0.25) is 11.8 Å². The van der Waals surface area contributed by atoms with Crippen LogP contribution in [-0.2, 0) is 29.1 Å². The molecule has 0 unspecified atom stereocenters. The zero-order chi connectivity index (χ0) is 29.2. The summed E-state index contributed by atoms with van der Waals surface area (Å²) in [5.74, 6) is -0.299. The number of para-hydroxylation sites is 1. The average Bonchev–Trinajstić information content (AvgIpc) is 3.64. The van der Waals surface area contributed by atoms with Gasteiger partial charge in [0, 0.05) is 26.1 Å². The second kappa shape index (κ2) is 11.7. The molecule has 3 N–H and O–H groups in total. The van der Waals surface area contributed by atoms with E-state index >= 15 is 0 Å². The van der Waals surface area contributed by atoms with Gasteiger partial charge in [-0.15, -0.1) is 11.3 Å². The van der Waals surface area contributed by atoms with Crippen LogP contribution in [0.2, 0.25) is 0 Å². The Hall–Kier alpha value is -4.56. The number of H-pyrrole nitrogens is 2. The zero-order valence-corrected chi connectivity index (χ0v) is 23.8. The minimum Gasteiger partial charge on any atom is -0.333 e. The second-order valence-electron chi connectivity index (χ2n) is 10.3. The number of carbonyl (C=O) groups excluding carboxylic acids is 3. The number of hydrogen-bond acceptors (Lipinski definition) is 8. The summed E-state index contributed by atoms with van der Waals surface area (Å²) in [7, 11) is 0. The molecule has 0 bridgehead atoms. The number of piperazine rings is 1. The van der Waals surface area contributed by atoms with E-state index in [0.29, 0.717) is 13.1 Å². The van der Waals surface area contributed by atoms with Crippen LogP contribution in [0.3, 0.4) is 0 Å². The molecule has 0 spiro atoms. The van der Waals surface area contributed by atoms with Crippen molar-refractivity contribution in [1.29, 1.82) is 0 Å². The second-order valence-corrected chi connectivity index (χ2v) is 11.2. The minimum atomic E-state index is -0.974. The number of hydrogen-bond donors (Lipinski definition) is 3. The van der Waals surface area contributed by atoms with Crippen molar-refractivity contribution in [3.63, 3.8) is 0 Å². The van der Waals surface area contributed by atoms with E-state index in [-0.39, 0.29) is 49.7 Å². The van der Waals surface area contributed by atoms with Crippen LogP contribution in [0.5, 0.6) is 0 Å². The maximum atomic E-state index is 14.1. The molecule has 4 heterocycles. The van der Waals surface area contributed by atoms with E-state index in [2.05, 4.69) is 25.5 Å². The normalized spacial score (nSPS) is 19.4. The number of nitrogens with one attached hydrogen (secondary N) is 3. The Morgan fingerprint density at radius 1 is 1.12 bits per heavy atom. The molecule has 218 valence electrons. The molecule has 2 fully saturated rings. The first-order chi connectivity index (χ1) is 20.4. The molecule has 2 aliphatic rings. The van der Waals surface area contributed by atoms with Crippen LogP contribution < -0.4 is 11.0 Å². The summed E-state index contributed by atoms with van der Waals surface area (Å²) in [6, 6.07) is 14.1. The van der Waals surface area contributed by atoms with Gasteiger partial charge in [-0.2, -0.15) is 5.10 Å². The fourth-order valence-corrected chi connectivity index (χ4v) is 6.43. The van der Waals surface area contributed by atoms with Gasteiger partial charge >= 0.3 is 11.7 Å². The smallest absolute Gasteiger partial charge is 0.333 e. The van der Waals surface area contributed by atoms with Crippen molar-refractivity contribution in [3.8, 4) is 0 Å². The Morgan fingerprint density at radius 3 is 2.71 bits per heavy atom. The number of amides is 4. The lowest BCUT2D eigenvalue weighted by atomic mass is 10.0. The van der Waals surface area contributed by atoms with Gasteiger partial charge in [-0.25, -0.2) is 29.7 Å². The van der Waals surface area contributed by atoms with Gasteiger partial charge in [-0.1, -0.05) is 49.4 Å². The molecule has 0 aliphatic carbocycles. The molecule has 2 saturated heterocycles. The highest BCUT2D eigenvalue weighted by atomic mass is 32.1. The molecule has 2 aromatic carbocycles. The fourth-order valence-electron chi connectivity index (χ4n) is 5.71. The molecular weight excluding hydrogens is 558 g/mol. The highest BCUT2D eigenvalue weighted by molar-refractivity contribution is 7.16. The molecule has 2 aromatic heterocycles. The van der Waals surface area contributed by atoms with Crippen molar-refractivity contribution in [2.75, 3.05) is 19.6 Å². The molecule has 6 rings (SSSR count). The Morgan fingerprint density at radius 2 is 1.95 bits per heavy atom. The van der Waals surface area contributed by atoms with Crippen LogP contribution >= 0.6 is 11.3 Å². The van der Waals surface area contributed by atoms with Crippen molar-refractivity contribution < 1.29 is 14.4 Å². The molecule has 13 nitrogen and oxygen atoms in total. The van der Waals surface area contributed by atoms with Gasteiger partial charge in [-0.3, -0.25) is 14.6 Å². The summed E-state index contributed by atoms with van der Waals surface area (Å²) in [5.41, 5.74) is 3.89. The zero-order valence-electron chi connectivity index (χ0n) is 23.0. The highest BCUT2D eigenvalue weighted by Crippen LogP contribution is 2.30. The van der Waals surface area contributed by atoms with Gasteiger partial charge in [0.25, 0.3) is 0 Å². The monoisotopic (exact) mass is 589 g/mol. The number of urea groups is 1. The Bertz CT molecular complexity index is 1650. The predicted molar refractivity (Wildman–Crippen MR) is 155 cm³/mol. The number of carbonyl (C=O) groups is 3. The van der Waals surface area contributed by atoms with E-state index < -0.39 is 17.9 Å². The topological polar surface area (TPSA) is 151 Å². The quantitative estimate of drug-likeness (QED) is 0.283. The van der Waals surface area contributed by atoms with Crippen molar-refractivity contribution in [2.45, 2.75) is 45.1 Å². The van der Waals surface area contributed by atoms with E-state index in [9.17, 15) is 19.2 Å². The summed E-state index contributed by atoms with van der Waals surface area (Å²) in [6.07, 6.45) is -0.0594. The van der Waals surface area contributed by atoms with E-state index in [1.165, 1.54) is 16.2 Å². The third kappa shape index (κ3) is 5.37. The predicted octanol–water partition coefficient (Wildman–Crippen LogP) is 1.67. The van der Waals surface area contributed by atoms with Crippen LogP contribution in [0.25, 0.3) is 10.2 Å². The summed E-state index contributed by atoms with van der Waals surface area (Å²) in [6.45, 7) is 3.08. The van der Waals surface area contributed by atoms with Crippen LogP contribution in [0, 0.1) is 0 Å².